The van der Waals surface area contributed by atoms with Crippen molar-refractivity contribution in [2.45, 2.75) is 13.3 Å². The molecule has 0 aliphatic rings. The number of carbonyl (C=O) groups excluding carboxylic acids is 2. The number of hydrogen-bond donors (Lipinski definition) is 3. The number of nitrogens with one attached hydrogen (secondary N) is 2. The van der Waals surface area contributed by atoms with Gasteiger partial charge in [0, 0.05) is 18.0 Å². The third-order valence-corrected chi connectivity index (χ3v) is 3.97. The Kier molecular flexibility index (Phi) is 5.13. The SMILES string of the molecule is CCc1cc(C(=O)NCCN)c(NC(=O)c2ccco2)s1. The molecule has 21 heavy (non-hydrogen) atoms. The molecule has 4 N–H and O–H groups in total. The van der Waals surface area contributed by atoms with Gasteiger partial charge in [-0.25, -0.2) is 0 Å². The number of carbonyl (C=O) groups is 2. The molecular weight excluding hydrogens is 290 g/mol. The normalized spacial score (nSPS) is 10.4. The number of aryl methyl sites for hydroxylation is 1. The van der Waals surface area contributed by atoms with Crippen LogP contribution in [0.3, 0.4) is 0 Å². The quantitative estimate of drug-likeness (QED) is 0.758. The molecule has 2 aromatic heterocycles. The van der Waals surface area contributed by atoms with Gasteiger partial charge in [-0.1, -0.05) is 6.92 Å². The Bertz CT molecular complexity index is 619. The zero-order chi connectivity index (χ0) is 15.2. The summed E-state index contributed by atoms with van der Waals surface area (Å²) in [6.07, 6.45) is 2.22. The van der Waals surface area contributed by atoms with Gasteiger partial charge in [0.1, 0.15) is 5.00 Å². The summed E-state index contributed by atoms with van der Waals surface area (Å²) in [7, 11) is 0. The summed E-state index contributed by atoms with van der Waals surface area (Å²) in [5.41, 5.74) is 5.82. The molecule has 0 aromatic carbocycles. The van der Waals surface area contributed by atoms with Crippen LogP contribution in [0.1, 0.15) is 32.7 Å². The minimum Gasteiger partial charge on any atom is -0.459 e. The van der Waals surface area contributed by atoms with E-state index in [2.05, 4.69) is 10.6 Å². The number of amides is 2. The number of thiophene rings is 1. The molecule has 0 atom stereocenters. The van der Waals surface area contributed by atoms with E-state index in [4.69, 9.17) is 10.2 Å². The second-order valence-electron chi connectivity index (χ2n) is 4.29. The van der Waals surface area contributed by atoms with Crippen LogP contribution in [0.25, 0.3) is 0 Å². The first-order valence-electron chi connectivity index (χ1n) is 6.61. The van der Waals surface area contributed by atoms with E-state index in [9.17, 15) is 9.59 Å². The van der Waals surface area contributed by atoms with Crippen molar-refractivity contribution in [1.82, 2.24) is 5.32 Å². The summed E-state index contributed by atoms with van der Waals surface area (Å²) in [6, 6.07) is 4.99. The highest BCUT2D eigenvalue weighted by atomic mass is 32.1. The molecule has 0 aliphatic heterocycles. The van der Waals surface area contributed by atoms with Gasteiger partial charge in [-0.15, -0.1) is 11.3 Å². The average Bonchev–Trinajstić information content (AvgIpc) is 3.13. The van der Waals surface area contributed by atoms with Crippen LogP contribution in [0.2, 0.25) is 0 Å². The van der Waals surface area contributed by atoms with Crippen LogP contribution in [0.5, 0.6) is 0 Å². The summed E-state index contributed by atoms with van der Waals surface area (Å²) < 4.78 is 5.04. The molecule has 0 spiro atoms. The Morgan fingerprint density at radius 2 is 2.19 bits per heavy atom. The Morgan fingerprint density at radius 1 is 1.38 bits per heavy atom. The van der Waals surface area contributed by atoms with E-state index in [-0.39, 0.29) is 17.6 Å². The highest BCUT2D eigenvalue weighted by Gasteiger charge is 2.18. The lowest BCUT2D eigenvalue weighted by atomic mass is 10.2. The third-order valence-electron chi connectivity index (χ3n) is 2.78. The molecule has 2 amide bonds. The van der Waals surface area contributed by atoms with Crippen molar-refractivity contribution in [3.8, 4) is 0 Å². The van der Waals surface area contributed by atoms with Gasteiger partial charge in [0.05, 0.1) is 11.8 Å². The maximum Gasteiger partial charge on any atom is 0.291 e. The van der Waals surface area contributed by atoms with Crippen molar-refractivity contribution in [1.29, 1.82) is 0 Å². The van der Waals surface area contributed by atoms with Gasteiger partial charge < -0.3 is 20.8 Å². The van der Waals surface area contributed by atoms with E-state index in [1.165, 1.54) is 17.6 Å². The molecule has 0 fully saturated rings. The molecule has 2 rings (SSSR count). The van der Waals surface area contributed by atoms with Gasteiger partial charge >= 0.3 is 0 Å². The molecule has 2 aromatic rings. The molecular formula is C14H17N3O3S. The highest BCUT2D eigenvalue weighted by Crippen LogP contribution is 2.29. The fourth-order valence-corrected chi connectivity index (χ4v) is 2.72. The minimum absolute atomic E-state index is 0.203. The van der Waals surface area contributed by atoms with Crippen molar-refractivity contribution < 1.29 is 14.0 Å². The number of furan rings is 1. The molecule has 7 heteroatoms. The first-order chi connectivity index (χ1) is 10.2. The van der Waals surface area contributed by atoms with Gasteiger partial charge in [-0.3, -0.25) is 9.59 Å². The summed E-state index contributed by atoms with van der Waals surface area (Å²) >= 11 is 1.38. The lowest BCUT2D eigenvalue weighted by Gasteiger charge is -2.05. The predicted octanol–water partition coefficient (Wildman–Crippen LogP) is 1.84. The number of hydrogen-bond acceptors (Lipinski definition) is 5. The second kappa shape index (κ2) is 7.05. The molecule has 0 unspecified atom stereocenters. The summed E-state index contributed by atoms with van der Waals surface area (Å²) in [6.45, 7) is 2.75. The summed E-state index contributed by atoms with van der Waals surface area (Å²) in [5.74, 6) is -0.418. The van der Waals surface area contributed by atoms with Crippen LogP contribution >= 0.6 is 11.3 Å². The third kappa shape index (κ3) is 3.71. The molecule has 0 bridgehead atoms. The fourth-order valence-electron chi connectivity index (χ4n) is 1.73. The molecule has 0 saturated heterocycles. The topological polar surface area (TPSA) is 97.4 Å². The molecule has 0 aliphatic carbocycles. The first kappa shape index (κ1) is 15.3. The number of nitrogens with two attached hydrogens (primary N) is 1. The summed E-state index contributed by atoms with van der Waals surface area (Å²) in [4.78, 5) is 25.1. The molecule has 2 heterocycles. The zero-order valence-corrected chi connectivity index (χ0v) is 12.5. The molecule has 0 saturated carbocycles. The van der Waals surface area contributed by atoms with E-state index >= 15 is 0 Å². The van der Waals surface area contributed by atoms with E-state index in [0.29, 0.717) is 23.7 Å². The summed E-state index contributed by atoms with van der Waals surface area (Å²) in [5, 5.41) is 5.94. The van der Waals surface area contributed by atoms with E-state index in [1.807, 2.05) is 6.92 Å². The molecule has 112 valence electrons. The van der Waals surface area contributed by atoms with Gasteiger partial charge in [0.2, 0.25) is 0 Å². The van der Waals surface area contributed by atoms with Crippen molar-refractivity contribution in [3.63, 3.8) is 0 Å². The Balaban J connectivity index is 2.19. The van der Waals surface area contributed by atoms with Crippen LogP contribution in [-0.4, -0.2) is 24.9 Å². The first-order valence-corrected chi connectivity index (χ1v) is 7.43. The van der Waals surface area contributed by atoms with Crippen molar-refractivity contribution in [3.05, 3.63) is 40.7 Å². The van der Waals surface area contributed by atoms with Gasteiger partial charge in [0.25, 0.3) is 11.8 Å². The fraction of sp³-hybridized carbons (Fsp3) is 0.286. The predicted molar refractivity (Wildman–Crippen MR) is 81.7 cm³/mol. The highest BCUT2D eigenvalue weighted by molar-refractivity contribution is 7.16. The van der Waals surface area contributed by atoms with Crippen molar-refractivity contribution in [2.75, 3.05) is 18.4 Å². The van der Waals surface area contributed by atoms with Crippen LogP contribution in [0.15, 0.2) is 28.9 Å². The average molecular weight is 307 g/mol. The monoisotopic (exact) mass is 307 g/mol. The maximum atomic E-state index is 12.1. The minimum atomic E-state index is -0.377. The van der Waals surface area contributed by atoms with Crippen LogP contribution in [0, 0.1) is 0 Å². The van der Waals surface area contributed by atoms with E-state index < -0.39 is 0 Å². The number of rotatable bonds is 6. The molecule has 6 nitrogen and oxygen atoms in total. The standard InChI is InChI=1S/C14H17N3O3S/c1-2-9-8-10(12(18)16-6-5-15)14(21-9)17-13(19)11-4-3-7-20-11/h3-4,7-8H,2,5-6,15H2,1H3,(H,16,18)(H,17,19). The lowest BCUT2D eigenvalue weighted by molar-refractivity contribution is 0.0956. The maximum absolute atomic E-state index is 12.1. The molecule has 0 radical (unpaired) electrons. The Morgan fingerprint density at radius 3 is 2.81 bits per heavy atom. The zero-order valence-electron chi connectivity index (χ0n) is 11.6. The van der Waals surface area contributed by atoms with Crippen LogP contribution in [0.4, 0.5) is 5.00 Å². The number of anilines is 1. The van der Waals surface area contributed by atoms with Crippen molar-refractivity contribution >= 4 is 28.2 Å². The Hall–Kier alpha value is -2.12. The lowest BCUT2D eigenvalue weighted by Crippen LogP contribution is -2.29. The van der Waals surface area contributed by atoms with Gasteiger partial charge in [-0.2, -0.15) is 0 Å². The van der Waals surface area contributed by atoms with Gasteiger partial charge in [0.15, 0.2) is 5.76 Å². The van der Waals surface area contributed by atoms with Crippen LogP contribution < -0.4 is 16.4 Å². The van der Waals surface area contributed by atoms with Crippen LogP contribution in [-0.2, 0) is 6.42 Å². The van der Waals surface area contributed by atoms with E-state index in [0.717, 1.165) is 11.3 Å². The smallest absolute Gasteiger partial charge is 0.291 e. The van der Waals surface area contributed by atoms with Gasteiger partial charge in [-0.05, 0) is 24.6 Å². The largest absolute Gasteiger partial charge is 0.459 e. The van der Waals surface area contributed by atoms with Crippen molar-refractivity contribution in [2.24, 2.45) is 5.73 Å². The van der Waals surface area contributed by atoms with E-state index in [1.54, 1.807) is 18.2 Å². The second-order valence-corrected chi connectivity index (χ2v) is 5.42. The Labute approximate surface area is 126 Å².